The van der Waals surface area contributed by atoms with Crippen LogP contribution in [0.1, 0.15) is 31.5 Å². The van der Waals surface area contributed by atoms with Gasteiger partial charge in [0.15, 0.2) is 5.82 Å². The maximum absolute atomic E-state index is 11.6. The first-order valence-corrected chi connectivity index (χ1v) is 7.92. The minimum absolute atomic E-state index is 0.0677. The van der Waals surface area contributed by atoms with Crippen LogP contribution in [0.5, 0.6) is 0 Å². The average molecular weight is 327 g/mol. The van der Waals surface area contributed by atoms with Crippen LogP contribution in [0.2, 0.25) is 0 Å². The lowest BCUT2D eigenvalue weighted by Crippen LogP contribution is -2.37. The summed E-state index contributed by atoms with van der Waals surface area (Å²) >= 11 is 0. The maximum atomic E-state index is 11.6. The van der Waals surface area contributed by atoms with E-state index in [0.717, 1.165) is 19.4 Å². The number of para-hydroxylation sites is 1. The highest BCUT2D eigenvalue weighted by atomic mass is 16.5. The number of aromatic nitrogens is 4. The molecular weight excluding hydrogens is 310 g/mol. The molecule has 1 aromatic carbocycles. The molecule has 1 atom stereocenters. The number of fused-ring (bicyclic) bond motifs is 1. The number of amides is 1. The van der Waals surface area contributed by atoms with E-state index in [2.05, 4.69) is 20.1 Å². The van der Waals surface area contributed by atoms with Crippen molar-refractivity contribution >= 4 is 16.9 Å². The summed E-state index contributed by atoms with van der Waals surface area (Å²) in [5.41, 5.74) is 1.75. The number of benzene rings is 1. The van der Waals surface area contributed by atoms with Crippen molar-refractivity contribution < 1.29 is 9.32 Å². The largest absolute Gasteiger partial charge is 0.342 e. The summed E-state index contributed by atoms with van der Waals surface area (Å²) in [6, 6.07) is 5.45. The van der Waals surface area contributed by atoms with E-state index < -0.39 is 0 Å². The van der Waals surface area contributed by atoms with Crippen LogP contribution >= 0.6 is 0 Å². The lowest BCUT2D eigenvalue weighted by Gasteiger charge is -2.30. The highest BCUT2D eigenvalue weighted by Crippen LogP contribution is 2.29. The number of carbonyl (C=O) groups is 1. The molecule has 1 fully saturated rings. The third kappa shape index (κ3) is 2.49. The molecule has 124 valence electrons. The van der Waals surface area contributed by atoms with E-state index in [-0.39, 0.29) is 17.5 Å². The number of imidazole rings is 1. The van der Waals surface area contributed by atoms with E-state index in [1.807, 2.05) is 17.0 Å². The van der Waals surface area contributed by atoms with Gasteiger partial charge in [-0.25, -0.2) is 4.79 Å². The second-order valence-electron chi connectivity index (χ2n) is 6.07. The van der Waals surface area contributed by atoms with Gasteiger partial charge in [-0.3, -0.25) is 4.79 Å². The summed E-state index contributed by atoms with van der Waals surface area (Å²) < 4.78 is 5.42. The molecule has 4 rings (SSSR count). The fourth-order valence-corrected chi connectivity index (χ4v) is 3.22. The molecule has 8 nitrogen and oxygen atoms in total. The van der Waals surface area contributed by atoms with Crippen molar-refractivity contribution in [2.75, 3.05) is 13.1 Å². The SMILES string of the molecule is CC(=O)N1CCCC(c2noc(-c3cccc4[nH]c(=O)[nH]c34)n2)C1. The van der Waals surface area contributed by atoms with Gasteiger partial charge in [-0.1, -0.05) is 11.2 Å². The minimum Gasteiger partial charge on any atom is -0.342 e. The summed E-state index contributed by atoms with van der Waals surface area (Å²) in [5.74, 6) is 1.11. The molecule has 0 bridgehead atoms. The van der Waals surface area contributed by atoms with Crippen LogP contribution in [0, 0.1) is 0 Å². The number of carbonyl (C=O) groups excluding carboxylic acids is 1. The molecule has 1 aliphatic heterocycles. The number of piperidine rings is 1. The topological polar surface area (TPSA) is 108 Å². The Kier molecular flexibility index (Phi) is 3.44. The molecule has 1 amide bonds. The Bertz CT molecular complexity index is 954. The Morgan fingerprint density at radius 2 is 2.25 bits per heavy atom. The van der Waals surface area contributed by atoms with Gasteiger partial charge in [-0.2, -0.15) is 4.98 Å². The van der Waals surface area contributed by atoms with Crippen LogP contribution in [0.15, 0.2) is 27.5 Å². The molecule has 0 radical (unpaired) electrons. The Morgan fingerprint density at radius 1 is 1.38 bits per heavy atom. The van der Waals surface area contributed by atoms with E-state index in [4.69, 9.17) is 4.52 Å². The normalized spacial score (nSPS) is 18.2. The van der Waals surface area contributed by atoms with E-state index in [0.29, 0.717) is 34.9 Å². The number of rotatable bonds is 2. The van der Waals surface area contributed by atoms with Gasteiger partial charge in [-0.15, -0.1) is 0 Å². The number of H-pyrrole nitrogens is 2. The molecule has 0 saturated carbocycles. The van der Waals surface area contributed by atoms with Crippen molar-refractivity contribution in [3.8, 4) is 11.5 Å². The van der Waals surface area contributed by atoms with E-state index in [1.165, 1.54) is 0 Å². The van der Waals surface area contributed by atoms with Crippen LogP contribution in [-0.4, -0.2) is 44.0 Å². The lowest BCUT2D eigenvalue weighted by atomic mass is 9.97. The zero-order valence-electron chi connectivity index (χ0n) is 13.2. The third-order valence-electron chi connectivity index (χ3n) is 4.46. The van der Waals surface area contributed by atoms with Crippen molar-refractivity contribution in [2.24, 2.45) is 0 Å². The number of hydrogen-bond donors (Lipinski definition) is 2. The predicted molar refractivity (Wildman–Crippen MR) is 86.4 cm³/mol. The summed E-state index contributed by atoms with van der Waals surface area (Å²) in [7, 11) is 0. The van der Waals surface area contributed by atoms with Crippen molar-refractivity contribution in [2.45, 2.75) is 25.7 Å². The number of aromatic amines is 2. The van der Waals surface area contributed by atoms with E-state index >= 15 is 0 Å². The second-order valence-corrected chi connectivity index (χ2v) is 6.07. The first kappa shape index (κ1) is 14.7. The number of nitrogens with zero attached hydrogens (tertiary/aromatic N) is 3. The third-order valence-corrected chi connectivity index (χ3v) is 4.46. The van der Waals surface area contributed by atoms with Gasteiger partial charge in [0, 0.05) is 25.9 Å². The Balaban J connectivity index is 1.67. The van der Waals surface area contributed by atoms with E-state index in [9.17, 15) is 9.59 Å². The van der Waals surface area contributed by atoms with Gasteiger partial charge in [0.05, 0.1) is 16.6 Å². The molecule has 24 heavy (non-hydrogen) atoms. The summed E-state index contributed by atoms with van der Waals surface area (Å²) in [4.78, 5) is 34.9. The number of hydrogen-bond acceptors (Lipinski definition) is 5. The van der Waals surface area contributed by atoms with Crippen molar-refractivity contribution in [3.05, 3.63) is 34.5 Å². The van der Waals surface area contributed by atoms with Crippen LogP contribution in [0.25, 0.3) is 22.5 Å². The maximum Gasteiger partial charge on any atom is 0.323 e. The van der Waals surface area contributed by atoms with Gasteiger partial charge in [0.25, 0.3) is 5.89 Å². The quantitative estimate of drug-likeness (QED) is 0.744. The van der Waals surface area contributed by atoms with Gasteiger partial charge in [-0.05, 0) is 25.0 Å². The molecule has 2 N–H and O–H groups in total. The van der Waals surface area contributed by atoms with Gasteiger partial charge >= 0.3 is 5.69 Å². The van der Waals surface area contributed by atoms with Crippen LogP contribution in [-0.2, 0) is 4.79 Å². The van der Waals surface area contributed by atoms with Crippen molar-refractivity contribution in [1.82, 2.24) is 25.0 Å². The fourth-order valence-electron chi connectivity index (χ4n) is 3.22. The summed E-state index contributed by atoms with van der Waals surface area (Å²) in [6.45, 7) is 2.97. The molecule has 3 heterocycles. The smallest absolute Gasteiger partial charge is 0.323 e. The monoisotopic (exact) mass is 327 g/mol. The van der Waals surface area contributed by atoms with Crippen molar-refractivity contribution in [3.63, 3.8) is 0 Å². The summed E-state index contributed by atoms with van der Waals surface area (Å²) in [5, 5.41) is 4.10. The molecule has 3 aromatic rings. The molecule has 1 aliphatic rings. The molecule has 8 heteroatoms. The van der Waals surface area contributed by atoms with Crippen molar-refractivity contribution in [1.29, 1.82) is 0 Å². The van der Waals surface area contributed by atoms with Gasteiger partial charge < -0.3 is 19.4 Å². The molecule has 0 aliphatic carbocycles. The Morgan fingerprint density at radius 3 is 3.08 bits per heavy atom. The molecule has 0 spiro atoms. The van der Waals surface area contributed by atoms with E-state index in [1.54, 1.807) is 13.0 Å². The Labute approximate surface area is 136 Å². The van der Waals surface area contributed by atoms with Crippen LogP contribution < -0.4 is 5.69 Å². The Hall–Kier alpha value is -2.90. The highest BCUT2D eigenvalue weighted by Gasteiger charge is 2.27. The lowest BCUT2D eigenvalue weighted by molar-refractivity contribution is -0.130. The average Bonchev–Trinajstić information content (AvgIpc) is 3.20. The first-order valence-electron chi connectivity index (χ1n) is 7.92. The fraction of sp³-hybridized carbons (Fsp3) is 0.375. The predicted octanol–water partition coefficient (Wildman–Crippen LogP) is 1.63. The molecule has 2 aromatic heterocycles. The van der Waals surface area contributed by atoms with Gasteiger partial charge in [0.2, 0.25) is 5.91 Å². The first-order chi connectivity index (χ1) is 11.6. The zero-order valence-corrected chi connectivity index (χ0v) is 13.2. The standard InChI is InChI=1S/C16H17N5O3/c1-9(22)21-7-3-4-10(8-21)14-19-15(24-20-14)11-5-2-6-12-13(11)18-16(23)17-12/h2,5-6,10H,3-4,7-8H2,1H3,(H2,17,18,23). The summed E-state index contributed by atoms with van der Waals surface area (Å²) in [6.07, 6.45) is 1.85. The molecule has 1 unspecified atom stereocenters. The second kappa shape index (κ2) is 5.63. The minimum atomic E-state index is -0.276. The number of nitrogens with one attached hydrogen (secondary N) is 2. The highest BCUT2D eigenvalue weighted by molar-refractivity contribution is 5.89. The zero-order chi connectivity index (χ0) is 16.7. The number of likely N-dealkylation sites (tertiary alicyclic amines) is 1. The molecular formula is C16H17N5O3. The van der Waals surface area contributed by atoms with Crippen LogP contribution in [0.3, 0.4) is 0 Å². The van der Waals surface area contributed by atoms with Crippen LogP contribution in [0.4, 0.5) is 0 Å². The molecule has 1 saturated heterocycles. The van der Waals surface area contributed by atoms with Gasteiger partial charge in [0.1, 0.15) is 0 Å².